The molecule has 25 heavy (non-hydrogen) atoms. The minimum atomic E-state index is -0.0789. The van der Waals surface area contributed by atoms with Crippen molar-refractivity contribution in [2.75, 3.05) is 18.4 Å². The first kappa shape index (κ1) is 18.0. The van der Waals surface area contributed by atoms with Crippen LogP contribution in [-0.4, -0.2) is 40.0 Å². The fourth-order valence-electron chi connectivity index (χ4n) is 2.84. The third kappa shape index (κ3) is 4.64. The predicted octanol–water partition coefficient (Wildman–Crippen LogP) is 3.29. The topological polar surface area (TPSA) is 75.2 Å². The molecule has 134 valence electrons. The summed E-state index contributed by atoms with van der Waals surface area (Å²) in [4.78, 5) is 27.4. The maximum atomic E-state index is 12.4. The molecule has 8 heteroatoms. The highest BCUT2D eigenvalue weighted by Gasteiger charge is 2.28. The van der Waals surface area contributed by atoms with E-state index in [4.69, 9.17) is 0 Å². The number of rotatable bonds is 5. The Bertz CT molecular complexity index is 719. The summed E-state index contributed by atoms with van der Waals surface area (Å²) < 4.78 is 0. The van der Waals surface area contributed by atoms with Gasteiger partial charge in [0.2, 0.25) is 11.0 Å². The second-order valence-corrected chi connectivity index (χ2v) is 8.64. The lowest BCUT2D eigenvalue weighted by molar-refractivity contribution is -0.121. The third-order valence-corrected chi connectivity index (χ3v) is 5.88. The predicted molar refractivity (Wildman–Crippen MR) is 100 cm³/mol. The molecular formula is C17H22N4O2S2. The Morgan fingerprint density at radius 2 is 2.08 bits per heavy atom. The average molecular weight is 379 g/mol. The summed E-state index contributed by atoms with van der Waals surface area (Å²) in [5, 5.41) is 14.5. The smallest absolute Gasteiger partial charge is 0.263 e. The molecular weight excluding hydrogens is 356 g/mol. The lowest BCUT2D eigenvalue weighted by atomic mass is 9.96. The van der Waals surface area contributed by atoms with E-state index >= 15 is 0 Å². The van der Waals surface area contributed by atoms with Crippen molar-refractivity contribution >= 4 is 39.6 Å². The van der Waals surface area contributed by atoms with Gasteiger partial charge in [-0.05, 0) is 30.2 Å². The van der Waals surface area contributed by atoms with Crippen molar-refractivity contribution in [3.05, 3.63) is 27.4 Å². The van der Waals surface area contributed by atoms with E-state index in [0.717, 1.165) is 16.3 Å². The van der Waals surface area contributed by atoms with Gasteiger partial charge in [0.1, 0.15) is 5.01 Å². The fraction of sp³-hybridized carbons (Fsp3) is 0.529. The molecule has 2 amide bonds. The van der Waals surface area contributed by atoms with Gasteiger partial charge in [-0.1, -0.05) is 31.3 Å². The van der Waals surface area contributed by atoms with Gasteiger partial charge in [0.15, 0.2) is 0 Å². The van der Waals surface area contributed by atoms with Gasteiger partial charge in [-0.15, -0.1) is 21.5 Å². The van der Waals surface area contributed by atoms with Gasteiger partial charge < -0.3 is 10.2 Å². The number of nitrogens with zero attached hydrogens (tertiary/aromatic N) is 3. The average Bonchev–Trinajstić information content (AvgIpc) is 3.26. The van der Waals surface area contributed by atoms with Crippen LogP contribution >= 0.6 is 22.7 Å². The zero-order valence-electron chi connectivity index (χ0n) is 14.4. The number of piperidine rings is 1. The van der Waals surface area contributed by atoms with Gasteiger partial charge in [-0.25, -0.2) is 0 Å². The molecule has 0 unspecified atom stereocenters. The van der Waals surface area contributed by atoms with Crippen molar-refractivity contribution in [1.29, 1.82) is 0 Å². The zero-order valence-corrected chi connectivity index (χ0v) is 16.0. The van der Waals surface area contributed by atoms with E-state index in [9.17, 15) is 9.59 Å². The molecule has 0 atom stereocenters. The molecule has 0 radical (unpaired) electrons. The maximum Gasteiger partial charge on any atom is 0.263 e. The van der Waals surface area contributed by atoms with Crippen LogP contribution in [0.4, 0.5) is 5.13 Å². The van der Waals surface area contributed by atoms with E-state index < -0.39 is 0 Å². The summed E-state index contributed by atoms with van der Waals surface area (Å²) >= 11 is 2.90. The highest BCUT2D eigenvalue weighted by molar-refractivity contribution is 7.15. The lowest BCUT2D eigenvalue weighted by Gasteiger charge is -2.30. The molecule has 1 aliphatic rings. The number of carbonyl (C=O) groups is 2. The van der Waals surface area contributed by atoms with Gasteiger partial charge in [0, 0.05) is 25.4 Å². The van der Waals surface area contributed by atoms with Gasteiger partial charge >= 0.3 is 0 Å². The molecule has 1 saturated heterocycles. The van der Waals surface area contributed by atoms with E-state index in [-0.39, 0.29) is 17.7 Å². The van der Waals surface area contributed by atoms with Crippen molar-refractivity contribution in [2.45, 2.75) is 33.1 Å². The number of amides is 2. The number of carbonyl (C=O) groups excluding carboxylic acids is 2. The number of nitrogens with one attached hydrogen (secondary N) is 1. The van der Waals surface area contributed by atoms with Crippen LogP contribution in [0.1, 0.15) is 41.4 Å². The summed E-state index contributed by atoms with van der Waals surface area (Å²) in [6.07, 6.45) is 2.23. The Labute approximate surface area is 155 Å². The second-order valence-electron chi connectivity index (χ2n) is 6.63. The van der Waals surface area contributed by atoms with Crippen molar-refractivity contribution in [1.82, 2.24) is 15.1 Å². The van der Waals surface area contributed by atoms with E-state index in [1.54, 1.807) is 0 Å². The number of hydrogen-bond acceptors (Lipinski definition) is 6. The van der Waals surface area contributed by atoms with Crippen molar-refractivity contribution in [3.8, 4) is 0 Å². The summed E-state index contributed by atoms with van der Waals surface area (Å²) in [6.45, 7) is 5.49. The molecule has 6 nitrogen and oxygen atoms in total. The molecule has 1 aliphatic heterocycles. The van der Waals surface area contributed by atoms with Crippen LogP contribution in [0.15, 0.2) is 17.5 Å². The molecule has 0 aromatic carbocycles. The number of thiophene rings is 1. The Hall–Kier alpha value is -1.80. The van der Waals surface area contributed by atoms with Crippen LogP contribution in [-0.2, 0) is 11.2 Å². The van der Waals surface area contributed by atoms with E-state index in [2.05, 4.69) is 29.4 Å². The number of anilines is 1. The van der Waals surface area contributed by atoms with Crippen LogP contribution in [0.2, 0.25) is 0 Å². The zero-order chi connectivity index (χ0) is 17.8. The molecule has 0 aliphatic carbocycles. The van der Waals surface area contributed by atoms with Gasteiger partial charge in [0.25, 0.3) is 5.91 Å². The molecule has 0 saturated carbocycles. The number of likely N-dealkylation sites (tertiary alicyclic amines) is 1. The van der Waals surface area contributed by atoms with Gasteiger partial charge in [0.05, 0.1) is 4.88 Å². The first-order chi connectivity index (χ1) is 12.0. The maximum absolute atomic E-state index is 12.4. The van der Waals surface area contributed by atoms with Crippen LogP contribution in [0.5, 0.6) is 0 Å². The molecule has 1 N–H and O–H groups in total. The Balaban J connectivity index is 1.50. The molecule has 0 spiro atoms. The summed E-state index contributed by atoms with van der Waals surface area (Å²) in [5.41, 5.74) is 0. The second kappa shape index (κ2) is 8.05. The monoisotopic (exact) mass is 378 g/mol. The Kier molecular flexibility index (Phi) is 5.80. The SMILES string of the molecule is CC(C)Cc1nnc(NC(=O)C2CCN(C(=O)c3cccs3)CC2)s1. The third-order valence-electron chi connectivity index (χ3n) is 4.16. The quantitative estimate of drug-likeness (QED) is 0.866. The number of hydrogen-bond donors (Lipinski definition) is 1. The molecule has 2 aromatic heterocycles. The first-order valence-corrected chi connectivity index (χ1v) is 10.2. The van der Waals surface area contributed by atoms with Crippen molar-refractivity contribution in [2.24, 2.45) is 11.8 Å². The molecule has 0 bridgehead atoms. The van der Waals surface area contributed by atoms with Crippen LogP contribution in [0.3, 0.4) is 0 Å². The first-order valence-electron chi connectivity index (χ1n) is 8.49. The molecule has 2 aromatic rings. The van der Waals surface area contributed by atoms with Crippen LogP contribution < -0.4 is 5.32 Å². The standard InChI is InChI=1S/C17H22N4O2S2/c1-11(2)10-14-19-20-17(25-14)18-15(22)12-5-7-21(8-6-12)16(23)13-4-3-9-24-13/h3-4,9,11-12H,5-8,10H2,1-2H3,(H,18,20,22). The minimum absolute atomic E-state index is 0.0181. The van der Waals surface area contributed by atoms with Crippen LogP contribution in [0.25, 0.3) is 0 Å². The highest BCUT2D eigenvalue weighted by atomic mass is 32.1. The van der Waals surface area contributed by atoms with E-state index in [1.165, 1.54) is 22.7 Å². The van der Waals surface area contributed by atoms with Crippen LogP contribution in [0, 0.1) is 11.8 Å². The van der Waals surface area contributed by atoms with E-state index in [0.29, 0.717) is 37.0 Å². The largest absolute Gasteiger partial charge is 0.338 e. The van der Waals surface area contributed by atoms with Gasteiger partial charge in [-0.2, -0.15) is 0 Å². The molecule has 1 fully saturated rings. The Morgan fingerprint density at radius 3 is 2.72 bits per heavy atom. The molecule has 3 heterocycles. The summed E-state index contributed by atoms with van der Waals surface area (Å²) in [6, 6.07) is 3.73. The number of aromatic nitrogens is 2. The van der Waals surface area contributed by atoms with E-state index in [1.807, 2.05) is 22.4 Å². The lowest BCUT2D eigenvalue weighted by Crippen LogP contribution is -2.41. The van der Waals surface area contributed by atoms with Crippen molar-refractivity contribution in [3.63, 3.8) is 0 Å². The highest BCUT2D eigenvalue weighted by Crippen LogP contribution is 2.24. The molecule has 3 rings (SSSR count). The fourth-order valence-corrected chi connectivity index (χ4v) is 4.49. The van der Waals surface area contributed by atoms with Crippen molar-refractivity contribution < 1.29 is 9.59 Å². The summed E-state index contributed by atoms with van der Waals surface area (Å²) in [5.74, 6) is 0.485. The minimum Gasteiger partial charge on any atom is -0.338 e. The normalized spacial score (nSPS) is 15.6. The Morgan fingerprint density at radius 1 is 1.32 bits per heavy atom. The summed E-state index contributed by atoms with van der Waals surface area (Å²) in [7, 11) is 0. The van der Waals surface area contributed by atoms with Gasteiger partial charge in [-0.3, -0.25) is 9.59 Å².